The maximum absolute atomic E-state index is 3.81. The first-order valence-corrected chi connectivity index (χ1v) is 9.64. The molecule has 2 unspecified atom stereocenters. The molecule has 1 aromatic carbocycles. The lowest BCUT2D eigenvalue weighted by Gasteiger charge is -2.41. The molecule has 1 aromatic rings. The fourth-order valence-electron chi connectivity index (χ4n) is 3.42. The van der Waals surface area contributed by atoms with Crippen LogP contribution in [0.25, 0.3) is 0 Å². The van der Waals surface area contributed by atoms with Gasteiger partial charge >= 0.3 is 0 Å². The van der Waals surface area contributed by atoms with Gasteiger partial charge in [-0.05, 0) is 48.8 Å². The highest BCUT2D eigenvalue weighted by molar-refractivity contribution is 7.99. The van der Waals surface area contributed by atoms with Crippen molar-refractivity contribution in [2.24, 2.45) is 5.92 Å². The van der Waals surface area contributed by atoms with E-state index >= 15 is 0 Å². The Morgan fingerprint density at radius 2 is 2.05 bits per heavy atom. The lowest BCUT2D eigenvalue weighted by atomic mass is 9.99. The molecule has 0 amide bonds. The van der Waals surface area contributed by atoms with E-state index in [-0.39, 0.29) is 0 Å². The molecule has 2 atom stereocenters. The van der Waals surface area contributed by atoms with Crippen LogP contribution in [0.5, 0.6) is 0 Å². The maximum Gasteiger partial charge on any atom is 0.0473 e. The van der Waals surface area contributed by atoms with E-state index in [0.29, 0.717) is 6.04 Å². The van der Waals surface area contributed by atoms with Crippen LogP contribution < -0.4 is 5.32 Å². The monoisotopic (exact) mass is 304 g/mol. The van der Waals surface area contributed by atoms with E-state index in [0.717, 1.165) is 18.5 Å². The normalized spacial score (nSPS) is 26.9. The largest absolute Gasteiger partial charge is 0.311 e. The predicted octanol–water partition coefficient (Wildman–Crippen LogP) is 3.55. The molecule has 1 N–H and O–H groups in total. The van der Waals surface area contributed by atoms with Crippen molar-refractivity contribution in [3.63, 3.8) is 0 Å². The molecule has 0 aromatic heterocycles. The van der Waals surface area contributed by atoms with Gasteiger partial charge in [0, 0.05) is 25.2 Å². The van der Waals surface area contributed by atoms with Crippen LogP contribution in [-0.2, 0) is 0 Å². The molecular formula is C18H28N2S. The highest BCUT2D eigenvalue weighted by Crippen LogP contribution is 2.36. The molecule has 1 aliphatic heterocycles. The second kappa shape index (κ2) is 7.66. The summed E-state index contributed by atoms with van der Waals surface area (Å²) in [5, 5.41) is 3.81. The average Bonchev–Trinajstić information content (AvgIpc) is 3.37. The van der Waals surface area contributed by atoms with Crippen LogP contribution >= 0.6 is 11.8 Å². The van der Waals surface area contributed by atoms with Crippen molar-refractivity contribution in [2.45, 2.75) is 38.3 Å². The Labute approximate surface area is 133 Å². The highest BCUT2D eigenvalue weighted by Gasteiger charge is 2.37. The molecule has 3 heteroatoms. The quantitative estimate of drug-likeness (QED) is 0.776. The Bertz CT molecular complexity index is 418. The van der Waals surface area contributed by atoms with E-state index in [9.17, 15) is 0 Å². The van der Waals surface area contributed by atoms with E-state index in [4.69, 9.17) is 0 Å². The van der Waals surface area contributed by atoms with Crippen molar-refractivity contribution in [3.05, 3.63) is 35.9 Å². The van der Waals surface area contributed by atoms with Gasteiger partial charge in [0.05, 0.1) is 0 Å². The van der Waals surface area contributed by atoms with E-state index in [1.54, 1.807) is 0 Å². The molecule has 2 aliphatic rings. The molecule has 21 heavy (non-hydrogen) atoms. The summed E-state index contributed by atoms with van der Waals surface area (Å²) < 4.78 is 0. The minimum Gasteiger partial charge on any atom is -0.311 e. The maximum atomic E-state index is 3.81. The Morgan fingerprint density at radius 3 is 2.76 bits per heavy atom. The lowest BCUT2D eigenvalue weighted by Crippen LogP contribution is -2.53. The van der Waals surface area contributed by atoms with Crippen LogP contribution in [0.3, 0.4) is 0 Å². The molecular weight excluding hydrogens is 276 g/mol. The van der Waals surface area contributed by atoms with Crippen molar-refractivity contribution in [1.29, 1.82) is 0 Å². The summed E-state index contributed by atoms with van der Waals surface area (Å²) in [4.78, 5) is 2.74. The molecule has 0 spiro atoms. The highest BCUT2D eigenvalue weighted by atomic mass is 32.2. The Balaban J connectivity index is 1.62. The van der Waals surface area contributed by atoms with Gasteiger partial charge in [0.25, 0.3) is 0 Å². The molecule has 3 rings (SSSR count). The fraction of sp³-hybridized carbons (Fsp3) is 0.667. The fourth-order valence-corrected chi connectivity index (χ4v) is 4.04. The summed E-state index contributed by atoms with van der Waals surface area (Å²) in [6.45, 7) is 5.86. The van der Waals surface area contributed by atoms with Crippen molar-refractivity contribution in [3.8, 4) is 0 Å². The van der Waals surface area contributed by atoms with Gasteiger partial charge in [-0.25, -0.2) is 0 Å². The Morgan fingerprint density at radius 1 is 1.24 bits per heavy atom. The second-order valence-corrected chi connectivity index (χ2v) is 7.72. The van der Waals surface area contributed by atoms with Gasteiger partial charge < -0.3 is 5.32 Å². The van der Waals surface area contributed by atoms with Crippen molar-refractivity contribution >= 4 is 11.8 Å². The van der Waals surface area contributed by atoms with Crippen LogP contribution in [0.15, 0.2) is 30.3 Å². The minimum absolute atomic E-state index is 0.563. The number of rotatable bonds is 7. The van der Waals surface area contributed by atoms with Gasteiger partial charge in [-0.15, -0.1) is 0 Å². The van der Waals surface area contributed by atoms with Gasteiger partial charge in [0.15, 0.2) is 0 Å². The van der Waals surface area contributed by atoms with Gasteiger partial charge in [0.2, 0.25) is 0 Å². The van der Waals surface area contributed by atoms with Crippen molar-refractivity contribution in [2.75, 3.05) is 31.1 Å². The number of hydrogen-bond donors (Lipinski definition) is 1. The van der Waals surface area contributed by atoms with Gasteiger partial charge in [-0.3, -0.25) is 4.90 Å². The van der Waals surface area contributed by atoms with Crippen LogP contribution in [0.1, 0.15) is 37.8 Å². The average molecular weight is 305 g/mol. The van der Waals surface area contributed by atoms with E-state index in [1.165, 1.54) is 49.4 Å². The SMILES string of the molecule is CCSCCCN1CC(C2CC2)NCC1c1ccccc1. The van der Waals surface area contributed by atoms with Crippen molar-refractivity contribution in [1.82, 2.24) is 10.2 Å². The van der Waals surface area contributed by atoms with E-state index in [1.807, 2.05) is 0 Å². The number of piperazine rings is 1. The summed E-state index contributed by atoms with van der Waals surface area (Å²) in [5.41, 5.74) is 1.47. The first-order valence-electron chi connectivity index (χ1n) is 8.48. The Kier molecular flexibility index (Phi) is 5.61. The number of hydrogen-bond acceptors (Lipinski definition) is 3. The third-order valence-corrected chi connectivity index (χ3v) is 5.74. The first kappa shape index (κ1) is 15.4. The van der Waals surface area contributed by atoms with Crippen LogP contribution in [0.2, 0.25) is 0 Å². The number of nitrogens with one attached hydrogen (secondary N) is 1. The van der Waals surface area contributed by atoms with Gasteiger partial charge in [-0.2, -0.15) is 11.8 Å². The standard InChI is InChI=1S/C18H28N2S/c1-2-21-12-6-11-20-14-17(15-9-10-15)19-13-18(20)16-7-4-3-5-8-16/h3-5,7-8,15,17-19H,2,6,9-14H2,1H3. The van der Waals surface area contributed by atoms with Crippen LogP contribution in [-0.4, -0.2) is 42.1 Å². The number of benzene rings is 1. The smallest absolute Gasteiger partial charge is 0.0473 e. The van der Waals surface area contributed by atoms with E-state index < -0.39 is 0 Å². The minimum atomic E-state index is 0.563. The van der Waals surface area contributed by atoms with Crippen LogP contribution in [0.4, 0.5) is 0 Å². The summed E-state index contributed by atoms with van der Waals surface area (Å²) in [6.07, 6.45) is 4.19. The van der Waals surface area contributed by atoms with E-state index in [2.05, 4.69) is 59.2 Å². The molecule has 0 bridgehead atoms. The Hall–Kier alpha value is -0.510. The summed E-state index contributed by atoms with van der Waals surface area (Å²) in [6, 6.07) is 12.3. The number of nitrogens with zero attached hydrogens (tertiary/aromatic N) is 1. The van der Waals surface area contributed by atoms with Crippen LogP contribution in [0, 0.1) is 5.92 Å². The molecule has 2 fully saturated rings. The summed E-state index contributed by atoms with van der Waals surface area (Å²) in [5.74, 6) is 3.50. The molecule has 1 saturated carbocycles. The summed E-state index contributed by atoms with van der Waals surface area (Å²) in [7, 11) is 0. The molecule has 116 valence electrons. The predicted molar refractivity (Wildman–Crippen MR) is 92.9 cm³/mol. The van der Waals surface area contributed by atoms with Crippen molar-refractivity contribution < 1.29 is 0 Å². The third kappa shape index (κ3) is 4.24. The molecule has 1 saturated heterocycles. The summed E-state index contributed by atoms with van der Waals surface area (Å²) >= 11 is 2.07. The first-order chi connectivity index (χ1) is 10.4. The molecule has 2 nitrogen and oxygen atoms in total. The zero-order valence-electron chi connectivity index (χ0n) is 13.1. The number of thioether (sulfide) groups is 1. The van der Waals surface area contributed by atoms with Gasteiger partial charge in [0.1, 0.15) is 0 Å². The van der Waals surface area contributed by atoms with Gasteiger partial charge in [-0.1, -0.05) is 37.3 Å². The molecule has 1 aliphatic carbocycles. The molecule has 1 heterocycles. The molecule has 0 radical (unpaired) electrons. The topological polar surface area (TPSA) is 15.3 Å². The lowest BCUT2D eigenvalue weighted by molar-refractivity contribution is 0.123. The zero-order chi connectivity index (χ0) is 14.5. The zero-order valence-corrected chi connectivity index (χ0v) is 13.9. The second-order valence-electron chi connectivity index (χ2n) is 6.32. The third-order valence-electron chi connectivity index (χ3n) is 4.76.